The van der Waals surface area contributed by atoms with Crippen LogP contribution in [-0.4, -0.2) is 50.3 Å². The lowest BCUT2D eigenvalue weighted by molar-refractivity contribution is 0.587. The maximum Gasteiger partial charge on any atom is 0.209 e. The van der Waals surface area contributed by atoms with Crippen LogP contribution < -0.4 is 9.62 Å². The van der Waals surface area contributed by atoms with Gasteiger partial charge < -0.3 is 4.90 Å². The van der Waals surface area contributed by atoms with Crippen LogP contribution in [0.3, 0.4) is 0 Å². The lowest BCUT2D eigenvalue weighted by Gasteiger charge is -2.10. The van der Waals surface area contributed by atoms with Crippen LogP contribution in [0.25, 0.3) is 0 Å². The van der Waals surface area contributed by atoms with Gasteiger partial charge in [0.25, 0.3) is 0 Å². The normalized spacial score (nSPS) is 16.2. The lowest BCUT2D eigenvalue weighted by atomic mass is 10.4. The second kappa shape index (κ2) is 6.87. The average molecular weight is 322 g/mol. The number of nitrogens with zero attached hydrogens (tertiary/aromatic N) is 3. The Balaban J connectivity index is 1.69. The van der Waals surface area contributed by atoms with Crippen LogP contribution in [0.5, 0.6) is 0 Å². The number of hydrogen-bond acceptors (Lipinski definition) is 7. The Bertz CT molecular complexity index is 497. The fourth-order valence-corrected chi connectivity index (χ4v) is 4.20. The Labute approximate surface area is 122 Å². The first-order valence-electron chi connectivity index (χ1n) is 6.20. The van der Waals surface area contributed by atoms with Gasteiger partial charge in [0.2, 0.25) is 15.2 Å². The van der Waals surface area contributed by atoms with Crippen molar-refractivity contribution in [3.05, 3.63) is 0 Å². The van der Waals surface area contributed by atoms with Crippen molar-refractivity contribution in [2.75, 3.05) is 36.5 Å². The third-order valence-electron chi connectivity index (χ3n) is 2.68. The Morgan fingerprint density at radius 3 is 2.79 bits per heavy atom. The molecule has 9 heteroatoms. The van der Waals surface area contributed by atoms with E-state index in [9.17, 15) is 8.42 Å². The molecule has 0 amide bonds. The minimum Gasteiger partial charge on any atom is -0.347 e. The van der Waals surface area contributed by atoms with Gasteiger partial charge in [-0.3, -0.25) is 0 Å². The Morgan fingerprint density at radius 1 is 1.37 bits per heavy atom. The maximum absolute atomic E-state index is 10.9. The van der Waals surface area contributed by atoms with Gasteiger partial charge in [0.15, 0.2) is 4.34 Å². The van der Waals surface area contributed by atoms with Crippen LogP contribution in [0.2, 0.25) is 0 Å². The third-order valence-corrected chi connectivity index (χ3v) is 5.62. The van der Waals surface area contributed by atoms with Crippen molar-refractivity contribution >= 4 is 38.3 Å². The molecule has 0 bridgehead atoms. The van der Waals surface area contributed by atoms with Crippen LogP contribution in [0, 0.1) is 0 Å². The van der Waals surface area contributed by atoms with E-state index in [0.717, 1.165) is 34.7 Å². The number of aromatic nitrogens is 2. The van der Waals surface area contributed by atoms with E-state index in [4.69, 9.17) is 0 Å². The number of sulfonamides is 1. The van der Waals surface area contributed by atoms with Gasteiger partial charge in [-0.15, -0.1) is 10.2 Å². The van der Waals surface area contributed by atoms with E-state index in [1.54, 1.807) is 23.1 Å². The summed E-state index contributed by atoms with van der Waals surface area (Å²) >= 11 is 3.26. The second-order valence-corrected chi connectivity index (χ2v) is 8.54. The minimum atomic E-state index is -3.07. The highest BCUT2D eigenvalue weighted by Gasteiger charge is 2.16. The Hall–Kier alpha value is -0.380. The quantitative estimate of drug-likeness (QED) is 0.600. The van der Waals surface area contributed by atoms with Crippen LogP contribution in [0.1, 0.15) is 19.3 Å². The standard InChI is InChI=1S/C10H18N4O2S3/c1-19(15,16)11-5-4-8-17-10-13-12-9(18-10)14-6-2-3-7-14/h11H,2-8H2,1H3. The van der Waals surface area contributed by atoms with Crippen molar-refractivity contribution < 1.29 is 8.42 Å². The zero-order valence-corrected chi connectivity index (χ0v) is 13.3. The van der Waals surface area contributed by atoms with Gasteiger partial charge in [-0.1, -0.05) is 23.1 Å². The summed E-state index contributed by atoms with van der Waals surface area (Å²) in [6.07, 6.45) is 4.43. The van der Waals surface area contributed by atoms with Crippen LogP contribution >= 0.6 is 23.1 Å². The summed E-state index contributed by atoms with van der Waals surface area (Å²) in [5, 5.41) is 9.37. The smallest absolute Gasteiger partial charge is 0.209 e. The minimum absolute atomic E-state index is 0.476. The number of rotatable bonds is 7. The molecule has 0 saturated carbocycles. The molecule has 1 aliphatic rings. The highest BCUT2D eigenvalue weighted by molar-refractivity contribution is 8.01. The van der Waals surface area contributed by atoms with E-state index in [1.165, 1.54) is 19.1 Å². The molecule has 2 heterocycles. The summed E-state index contributed by atoms with van der Waals surface area (Å²) in [6.45, 7) is 2.64. The molecule has 6 nitrogen and oxygen atoms in total. The molecule has 0 aliphatic carbocycles. The largest absolute Gasteiger partial charge is 0.347 e. The summed E-state index contributed by atoms with van der Waals surface area (Å²) in [5.74, 6) is 0.844. The Morgan fingerprint density at radius 2 is 2.11 bits per heavy atom. The van der Waals surface area contributed by atoms with E-state index in [2.05, 4.69) is 19.8 Å². The molecule has 1 saturated heterocycles. The van der Waals surface area contributed by atoms with Gasteiger partial charge in [0.1, 0.15) is 0 Å². The van der Waals surface area contributed by atoms with Crippen molar-refractivity contribution in [3.63, 3.8) is 0 Å². The van der Waals surface area contributed by atoms with E-state index < -0.39 is 10.0 Å². The van der Waals surface area contributed by atoms with Gasteiger partial charge in [-0.05, 0) is 19.3 Å². The van der Waals surface area contributed by atoms with Crippen molar-refractivity contribution in [2.45, 2.75) is 23.6 Å². The summed E-state index contributed by atoms with van der Waals surface area (Å²) < 4.78 is 25.2. The molecule has 1 aromatic rings. The zero-order chi connectivity index (χ0) is 13.7. The molecule has 1 aliphatic heterocycles. The Kier molecular flexibility index (Phi) is 5.43. The van der Waals surface area contributed by atoms with Crippen LogP contribution in [0.4, 0.5) is 5.13 Å². The molecule has 1 aromatic heterocycles. The van der Waals surface area contributed by atoms with Crippen LogP contribution in [-0.2, 0) is 10.0 Å². The number of anilines is 1. The highest BCUT2D eigenvalue weighted by atomic mass is 32.2. The zero-order valence-electron chi connectivity index (χ0n) is 10.8. The molecule has 0 radical (unpaired) electrons. The van der Waals surface area contributed by atoms with Crippen LogP contribution in [0.15, 0.2) is 4.34 Å². The maximum atomic E-state index is 10.9. The number of hydrogen-bond donors (Lipinski definition) is 1. The fourth-order valence-electron chi connectivity index (χ4n) is 1.79. The van der Waals surface area contributed by atoms with Crippen molar-refractivity contribution in [1.29, 1.82) is 0 Å². The topological polar surface area (TPSA) is 75.2 Å². The number of nitrogens with one attached hydrogen (secondary N) is 1. The first kappa shape index (κ1) is 15.0. The van der Waals surface area contributed by atoms with Crippen molar-refractivity contribution in [2.24, 2.45) is 0 Å². The van der Waals surface area contributed by atoms with Crippen molar-refractivity contribution in [1.82, 2.24) is 14.9 Å². The molecule has 0 unspecified atom stereocenters. The summed E-state index contributed by atoms with van der Waals surface area (Å²) in [5.41, 5.74) is 0. The van der Waals surface area contributed by atoms with E-state index >= 15 is 0 Å². The fraction of sp³-hybridized carbons (Fsp3) is 0.800. The SMILES string of the molecule is CS(=O)(=O)NCCCSc1nnc(N2CCCC2)s1. The van der Waals surface area contributed by atoms with E-state index in [1.807, 2.05) is 0 Å². The van der Waals surface area contributed by atoms with Gasteiger partial charge >= 0.3 is 0 Å². The molecule has 0 atom stereocenters. The molecule has 108 valence electrons. The van der Waals surface area contributed by atoms with E-state index in [0.29, 0.717) is 6.54 Å². The predicted molar refractivity (Wildman–Crippen MR) is 79.5 cm³/mol. The first-order valence-corrected chi connectivity index (χ1v) is 9.90. The van der Waals surface area contributed by atoms with Gasteiger partial charge in [-0.2, -0.15) is 0 Å². The predicted octanol–water partition coefficient (Wildman–Crippen LogP) is 1.17. The number of thioether (sulfide) groups is 1. The van der Waals surface area contributed by atoms with E-state index in [-0.39, 0.29) is 0 Å². The molecule has 1 fully saturated rings. The van der Waals surface area contributed by atoms with Gasteiger partial charge in [0, 0.05) is 25.4 Å². The molecule has 0 aromatic carbocycles. The van der Waals surface area contributed by atoms with Gasteiger partial charge in [0.05, 0.1) is 6.26 Å². The molecule has 1 N–H and O–H groups in total. The molecule has 2 rings (SSSR count). The lowest BCUT2D eigenvalue weighted by Crippen LogP contribution is -2.23. The summed E-state index contributed by atoms with van der Waals surface area (Å²) in [4.78, 5) is 2.27. The van der Waals surface area contributed by atoms with Gasteiger partial charge in [-0.25, -0.2) is 13.1 Å². The molecule has 19 heavy (non-hydrogen) atoms. The molecule has 0 spiro atoms. The molecular weight excluding hydrogens is 304 g/mol. The average Bonchev–Trinajstić information content (AvgIpc) is 2.97. The van der Waals surface area contributed by atoms with Crippen molar-refractivity contribution in [3.8, 4) is 0 Å². The highest BCUT2D eigenvalue weighted by Crippen LogP contribution is 2.29. The second-order valence-electron chi connectivity index (χ2n) is 4.41. The summed E-state index contributed by atoms with van der Waals surface area (Å²) in [7, 11) is -3.07. The third kappa shape index (κ3) is 5.25. The first-order chi connectivity index (χ1) is 9.04. The molecular formula is C10H18N4O2S3. The monoisotopic (exact) mass is 322 g/mol. The summed E-state index contributed by atoms with van der Waals surface area (Å²) in [6, 6.07) is 0.